The normalized spacial score (nSPS) is 14.6. The maximum atomic E-state index is 9.49. The molecule has 0 aliphatic carbocycles. The van der Waals surface area contributed by atoms with Gasteiger partial charge in [-0.1, -0.05) is 12.2 Å². The zero-order chi connectivity index (χ0) is 9.07. The van der Waals surface area contributed by atoms with Crippen molar-refractivity contribution in [3.63, 3.8) is 0 Å². The van der Waals surface area contributed by atoms with E-state index in [1.165, 1.54) is 0 Å². The fourth-order valence-corrected chi connectivity index (χ4v) is 1.02. The van der Waals surface area contributed by atoms with Crippen LogP contribution in [0.5, 0.6) is 0 Å². The molecule has 0 aliphatic rings. The predicted molar refractivity (Wildman–Crippen MR) is 48.6 cm³/mol. The first-order valence-electron chi connectivity index (χ1n) is 3.92. The van der Waals surface area contributed by atoms with Crippen LogP contribution in [-0.4, -0.2) is 23.8 Å². The minimum absolute atomic E-state index is 0.218. The van der Waals surface area contributed by atoms with Gasteiger partial charge in [-0.2, -0.15) is 0 Å². The van der Waals surface area contributed by atoms with E-state index in [0.717, 1.165) is 5.57 Å². The summed E-state index contributed by atoms with van der Waals surface area (Å²) in [6, 6.07) is 0.218. The predicted octanol–water partition coefficient (Wildman–Crippen LogP) is 1.31. The van der Waals surface area contributed by atoms with Gasteiger partial charge in [-0.25, -0.2) is 0 Å². The van der Waals surface area contributed by atoms with Crippen LogP contribution in [0.4, 0.5) is 0 Å². The molecule has 0 spiro atoms. The highest BCUT2D eigenvalue weighted by Gasteiger charge is 2.19. The second-order valence-electron chi connectivity index (χ2n) is 3.70. The number of likely N-dealkylation sites (N-methyl/N-ethyl adjacent to an activating group) is 1. The number of rotatable bonds is 4. The van der Waals surface area contributed by atoms with Crippen molar-refractivity contribution >= 4 is 0 Å². The lowest BCUT2D eigenvalue weighted by molar-refractivity contribution is 0.0639. The molecule has 0 fully saturated rings. The van der Waals surface area contributed by atoms with E-state index in [0.29, 0.717) is 6.42 Å². The topological polar surface area (TPSA) is 32.3 Å². The molecule has 0 aliphatic heterocycles. The summed E-state index contributed by atoms with van der Waals surface area (Å²) in [7, 11) is 1.88. The Morgan fingerprint density at radius 3 is 2.18 bits per heavy atom. The molecule has 0 heterocycles. The Labute approximate surface area is 69.3 Å². The minimum Gasteiger partial charge on any atom is -0.390 e. The van der Waals surface area contributed by atoms with E-state index in [4.69, 9.17) is 0 Å². The van der Waals surface area contributed by atoms with Crippen LogP contribution in [-0.2, 0) is 0 Å². The van der Waals surface area contributed by atoms with Crippen molar-refractivity contribution in [3.8, 4) is 0 Å². The molecule has 1 unspecified atom stereocenters. The van der Waals surface area contributed by atoms with E-state index in [9.17, 15) is 5.11 Å². The van der Waals surface area contributed by atoms with Crippen molar-refractivity contribution in [1.82, 2.24) is 5.32 Å². The average molecular weight is 157 g/mol. The number of aliphatic hydroxyl groups is 1. The zero-order valence-corrected chi connectivity index (χ0v) is 7.94. The van der Waals surface area contributed by atoms with Crippen LogP contribution in [0.25, 0.3) is 0 Å². The van der Waals surface area contributed by atoms with Crippen molar-refractivity contribution in [2.45, 2.75) is 38.8 Å². The van der Waals surface area contributed by atoms with Gasteiger partial charge in [0.1, 0.15) is 0 Å². The maximum absolute atomic E-state index is 9.49. The summed E-state index contributed by atoms with van der Waals surface area (Å²) in [4.78, 5) is 0. The summed E-state index contributed by atoms with van der Waals surface area (Å²) in [5.41, 5.74) is 0.446. The average Bonchev–Trinajstić information content (AvgIpc) is 1.80. The molecule has 0 radical (unpaired) electrons. The van der Waals surface area contributed by atoms with Gasteiger partial charge in [0.15, 0.2) is 0 Å². The summed E-state index contributed by atoms with van der Waals surface area (Å²) < 4.78 is 0. The second-order valence-corrected chi connectivity index (χ2v) is 3.70. The van der Waals surface area contributed by atoms with Crippen LogP contribution >= 0.6 is 0 Å². The summed E-state index contributed by atoms with van der Waals surface area (Å²) >= 11 is 0. The minimum atomic E-state index is -0.618. The molecule has 1 atom stereocenters. The molecule has 0 aromatic rings. The fraction of sp³-hybridized carbons (Fsp3) is 0.778. The van der Waals surface area contributed by atoms with E-state index in [-0.39, 0.29) is 6.04 Å². The summed E-state index contributed by atoms with van der Waals surface area (Å²) in [5, 5.41) is 12.6. The third-order valence-corrected chi connectivity index (χ3v) is 1.65. The Bertz CT molecular complexity index is 135. The Morgan fingerprint density at radius 2 is 2.09 bits per heavy atom. The number of hydrogen-bond acceptors (Lipinski definition) is 2. The largest absolute Gasteiger partial charge is 0.390 e. The van der Waals surface area contributed by atoms with E-state index >= 15 is 0 Å². The van der Waals surface area contributed by atoms with Crippen LogP contribution in [0.15, 0.2) is 12.2 Å². The summed E-state index contributed by atoms with van der Waals surface area (Å²) in [6.45, 7) is 9.41. The lowest BCUT2D eigenvalue weighted by Crippen LogP contribution is -2.34. The lowest BCUT2D eigenvalue weighted by atomic mass is 9.95. The highest BCUT2D eigenvalue weighted by molar-refractivity contribution is 5.02. The second kappa shape index (κ2) is 3.88. The highest BCUT2D eigenvalue weighted by atomic mass is 16.3. The molecular weight excluding hydrogens is 138 g/mol. The van der Waals surface area contributed by atoms with Gasteiger partial charge in [0.25, 0.3) is 0 Å². The Hall–Kier alpha value is -0.340. The van der Waals surface area contributed by atoms with Crippen molar-refractivity contribution in [3.05, 3.63) is 12.2 Å². The van der Waals surface area contributed by atoms with E-state index < -0.39 is 5.60 Å². The van der Waals surface area contributed by atoms with Crippen molar-refractivity contribution in [1.29, 1.82) is 0 Å². The van der Waals surface area contributed by atoms with Crippen molar-refractivity contribution in [2.75, 3.05) is 7.05 Å². The molecule has 0 amide bonds. The first-order chi connectivity index (χ1) is 4.87. The quantitative estimate of drug-likeness (QED) is 0.603. The van der Waals surface area contributed by atoms with Crippen LogP contribution in [0.2, 0.25) is 0 Å². The van der Waals surface area contributed by atoms with Gasteiger partial charge < -0.3 is 10.4 Å². The first kappa shape index (κ1) is 10.7. The molecule has 2 N–H and O–H groups in total. The van der Waals surface area contributed by atoms with Gasteiger partial charge in [0.2, 0.25) is 0 Å². The van der Waals surface area contributed by atoms with Crippen LogP contribution in [0.1, 0.15) is 27.2 Å². The van der Waals surface area contributed by atoms with Crippen LogP contribution in [0.3, 0.4) is 0 Å². The Morgan fingerprint density at radius 1 is 1.64 bits per heavy atom. The van der Waals surface area contributed by atoms with Gasteiger partial charge in [-0.3, -0.25) is 0 Å². The zero-order valence-electron chi connectivity index (χ0n) is 7.94. The standard InChI is InChI=1S/C9H19NO/c1-7(2)8(10-5)6-9(3,4)11/h8,10-11H,1,6H2,2-5H3. The Kier molecular flexibility index (Phi) is 3.76. The van der Waals surface area contributed by atoms with Gasteiger partial charge in [0, 0.05) is 6.04 Å². The van der Waals surface area contributed by atoms with Crippen molar-refractivity contribution in [2.24, 2.45) is 0 Å². The SMILES string of the molecule is C=C(C)C(CC(C)(C)O)NC. The van der Waals surface area contributed by atoms with Crippen LogP contribution < -0.4 is 5.32 Å². The van der Waals surface area contributed by atoms with Gasteiger partial charge in [0.05, 0.1) is 5.60 Å². The van der Waals surface area contributed by atoms with Crippen LogP contribution in [0, 0.1) is 0 Å². The summed E-state index contributed by atoms with van der Waals surface area (Å²) in [6.07, 6.45) is 0.707. The smallest absolute Gasteiger partial charge is 0.0609 e. The molecule has 2 heteroatoms. The molecule has 66 valence electrons. The number of nitrogens with one attached hydrogen (secondary N) is 1. The first-order valence-corrected chi connectivity index (χ1v) is 3.92. The molecule has 0 aromatic heterocycles. The van der Waals surface area contributed by atoms with Gasteiger partial charge >= 0.3 is 0 Å². The van der Waals surface area contributed by atoms with E-state index in [2.05, 4.69) is 11.9 Å². The monoisotopic (exact) mass is 157 g/mol. The molecule has 0 bridgehead atoms. The van der Waals surface area contributed by atoms with Gasteiger partial charge in [-0.05, 0) is 34.2 Å². The molecule has 0 rings (SSSR count). The maximum Gasteiger partial charge on any atom is 0.0609 e. The fourth-order valence-electron chi connectivity index (χ4n) is 1.02. The lowest BCUT2D eigenvalue weighted by Gasteiger charge is -2.24. The molecule has 0 aromatic carbocycles. The molecule has 0 saturated carbocycles. The van der Waals surface area contributed by atoms with E-state index in [1.807, 2.05) is 14.0 Å². The highest BCUT2D eigenvalue weighted by Crippen LogP contribution is 2.14. The van der Waals surface area contributed by atoms with Crippen molar-refractivity contribution < 1.29 is 5.11 Å². The summed E-state index contributed by atoms with van der Waals surface area (Å²) in [5.74, 6) is 0. The molecular formula is C9H19NO. The van der Waals surface area contributed by atoms with E-state index in [1.54, 1.807) is 13.8 Å². The Balaban J connectivity index is 3.99. The third kappa shape index (κ3) is 4.99. The number of hydrogen-bond donors (Lipinski definition) is 2. The molecule has 11 heavy (non-hydrogen) atoms. The molecule has 2 nitrogen and oxygen atoms in total. The van der Waals surface area contributed by atoms with Gasteiger partial charge in [-0.15, -0.1) is 0 Å². The third-order valence-electron chi connectivity index (χ3n) is 1.65. The molecule has 0 saturated heterocycles.